The van der Waals surface area contributed by atoms with Crippen LogP contribution < -0.4 is 10.7 Å². The van der Waals surface area contributed by atoms with Gasteiger partial charge in [-0.2, -0.15) is 0 Å². The molecule has 4 rings (SSSR count). The molecule has 124 valence electrons. The van der Waals surface area contributed by atoms with Gasteiger partial charge in [0, 0.05) is 33.3 Å². The first-order valence-electron chi connectivity index (χ1n) is 8.52. The first-order valence-corrected chi connectivity index (χ1v) is 9.34. The molecule has 0 saturated carbocycles. The van der Waals surface area contributed by atoms with Gasteiger partial charge in [-0.3, -0.25) is 4.79 Å². The Labute approximate surface area is 145 Å². The van der Waals surface area contributed by atoms with E-state index < -0.39 is 0 Å². The molecule has 2 atom stereocenters. The SMILES string of the molecule is CCc1c(C2CNCC(C)O2)ccc2sc3ccccc3c(=O)c12. The van der Waals surface area contributed by atoms with Crippen LogP contribution in [0.1, 0.15) is 31.1 Å². The van der Waals surface area contributed by atoms with Crippen LogP contribution in [0.15, 0.2) is 41.2 Å². The molecule has 1 aromatic heterocycles. The predicted octanol–water partition coefficient (Wildman–Crippen LogP) is 4.03. The molecule has 2 unspecified atom stereocenters. The van der Waals surface area contributed by atoms with Crippen LogP contribution in [0.4, 0.5) is 0 Å². The summed E-state index contributed by atoms with van der Waals surface area (Å²) in [4.78, 5) is 13.1. The van der Waals surface area contributed by atoms with Gasteiger partial charge >= 0.3 is 0 Å². The van der Waals surface area contributed by atoms with Gasteiger partial charge in [0.05, 0.1) is 12.2 Å². The van der Waals surface area contributed by atoms with E-state index in [1.54, 1.807) is 11.3 Å². The van der Waals surface area contributed by atoms with Gasteiger partial charge in [0.25, 0.3) is 0 Å². The van der Waals surface area contributed by atoms with E-state index in [2.05, 4.69) is 31.3 Å². The molecule has 0 radical (unpaired) electrons. The molecule has 0 aliphatic carbocycles. The molecule has 0 bridgehead atoms. The zero-order valence-electron chi connectivity index (χ0n) is 14.0. The molecule has 0 amide bonds. The smallest absolute Gasteiger partial charge is 0.196 e. The molecule has 1 aliphatic rings. The molecule has 0 spiro atoms. The Morgan fingerprint density at radius 3 is 2.79 bits per heavy atom. The molecule has 24 heavy (non-hydrogen) atoms. The van der Waals surface area contributed by atoms with Gasteiger partial charge in [-0.1, -0.05) is 25.1 Å². The largest absolute Gasteiger partial charge is 0.368 e. The Hall–Kier alpha value is -1.75. The predicted molar refractivity (Wildman–Crippen MR) is 101 cm³/mol. The molecule has 2 aromatic carbocycles. The number of fused-ring (bicyclic) bond motifs is 2. The van der Waals surface area contributed by atoms with Crippen molar-refractivity contribution in [2.45, 2.75) is 32.5 Å². The summed E-state index contributed by atoms with van der Waals surface area (Å²) in [6.45, 7) is 5.89. The van der Waals surface area contributed by atoms with Crippen LogP contribution >= 0.6 is 11.3 Å². The van der Waals surface area contributed by atoms with Crippen LogP contribution in [0.25, 0.3) is 20.2 Å². The normalized spacial score (nSPS) is 21.4. The van der Waals surface area contributed by atoms with Crippen molar-refractivity contribution < 1.29 is 4.74 Å². The number of hydrogen-bond acceptors (Lipinski definition) is 4. The van der Waals surface area contributed by atoms with Gasteiger partial charge < -0.3 is 10.1 Å². The van der Waals surface area contributed by atoms with Crippen LogP contribution in [-0.4, -0.2) is 19.2 Å². The molecular weight excluding hydrogens is 318 g/mol. The van der Waals surface area contributed by atoms with Crippen molar-refractivity contribution >= 4 is 31.5 Å². The van der Waals surface area contributed by atoms with Gasteiger partial charge in [-0.25, -0.2) is 0 Å². The summed E-state index contributed by atoms with van der Waals surface area (Å²) >= 11 is 1.69. The Balaban J connectivity index is 1.98. The maximum atomic E-state index is 13.1. The second kappa shape index (κ2) is 6.28. The molecule has 3 nitrogen and oxygen atoms in total. The van der Waals surface area contributed by atoms with Crippen LogP contribution in [0.2, 0.25) is 0 Å². The second-order valence-corrected chi connectivity index (χ2v) is 7.46. The standard InChI is InChI=1S/C20H21NO2S/c1-3-13-14(16-11-21-10-12(2)23-16)8-9-18-19(13)20(22)15-6-4-5-7-17(15)24-18/h4-9,12,16,21H,3,10-11H2,1-2H3. The Kier molecular flexibility index (Phi) is 4.12. The van der Waals surface area contributed by atoms with Crippen molar-refractivity contribution in [1.82, 2.24) is 5.32 Å². The van der Waals surface area contributed by atoms with Crippen molar-refractivity contribution in [3.8, 4) is 0 Å². The van der Waals surface area contributed by atoms with E-state index in [-0.39, 0.29) is 17.6 Å². The summed E-state index contributed by atoms with van der Waals surface area (Å²) in [5.74, 6) is 0. The van der Waals surface area contributed by atoms with Crippen molar-refractivity contribution in [1.29, 1.82) is 0 Å². The van der Waals surface area contributed by atoms with Crippen LogP contribution in [0.5, 0.6) is 0 Å². The van der Waals surface area contributed by atoms with E-state index in [1.807, 2.05) is 24.3 Å². The van der Waals surface area contributed by atoms with Crippen molar-refractivity contribution in [3.05, 3.63) is 57.7 Å². The average Bonchev–Trinajstić information content (AvgIpc) is 2.61. The third kappa shape index (κ3) is 2.55. The molecule has 1 fully saturated rings. The molecule has 1 aliphatic heterocycles. The first kappa shape index (κ1) is 15.8. The van der Waals surface area contributed by atoms with E-state index >= 15 is 0 Å². The molecule has 4 heteroatoms. The fourth-order valence-electron chi connectivity index (χ4n) is 3.63. The highest BCUT2D eigenvalue weighted by Gasteiger charge is 2.24. The van der Waals surface area contributed by atoms with E-state index in [9.17, 15) is 4.79 Å². The number of nitrogens with one attached hydrogen (secondary N) is 1. The summed E-state index contributed by atoms with van der Waals surface area (Å²) in [5, 5.41) is 5.12. The Morgan fingerprint density at radius 1 is 1.17 bits per heavy atom. The highest BCUT2D eigenvalue weighted by molar-refractivity contribution is 7.24. The van der Waals surface area contributed by atoms with Crippen LogP contribution in [0, 0.1) is 0 Å². The monoisotopic (exact) mass is 339 g/mol. The van der Waals surface area contributed by atoms with Crippen LogP contribution in [0.3, 0.4) is 0 Å². The lowest BCUT2D eigenvalue weighted by Gasteiger charge is -2.30. The minimum absolute atomic E-state index is 0.0176. The van der Waals surface area contributed by atoms with Gasteiger partial charge in [0.15, 0.2) is 5.43 Å². The average molecular weight is 339 g/mol. The summed E-state index contributed by atoms with van der Waals surface area (Å²) in [5.41, 5.74) is 2.44. The lowest BCUT2D eigenvalue weighted by molar-refractivity contribution is -0.0290. The summed E-state index contributed by atoms with van der Waals surface area (Å²) < 4.78 is 8.25. The fourth-order valence-corrected chi connectivity index (χ4v) is 4.74. The van der Waals surface area contributed by atoms with E-state index in [0.717, 1.165) is 50.8 Å². The van der Waals surface area contributed by atoms with Gasteiger partial charge in [-0.15, -0.1) is 11.3 Å². The molecular formula is C20H21NO2S. The lowest BCUT2D eigenvalue weighted by atomic mass is 9.95. The van der Waals surface area contributed by atoms with E-state index in [1.165, 1.54) is 0 Å². The number of morpholine rings is 1. The number of rotatable bonds is 2. The highest BCUT2D eigenvalue weighted by Crippen LogP contribution is 2.33. The molecule has 1 saturated heterocycles. The molecule has 1 N–H and O–H groups in total. The number of benzene rings is 2. The minimum atomic E-state index is 0.0176. The number of ether oxygens (including phenoxy) is 1. The molecule has 3 aromatic rings. The third-order valence-corrected chi connectivity index (χ3v) is 5.88. The zero-order valence-corrected chi connectivity index (χ0v) is 14.8. The fraction of sp³-hybridized carbons (Fsp3) is 0.350. The number of hydrogen-bond donors (Lipinski definition) is 1. The maximum absolute atomic E-state index is 13.1. The topological polar surface area (TPSA) is 38.3 Å². The zero-order chi connectivity index (χ0) is 16.7. The lowest BCUT2D eigenvalue weighted by Crippen LogP contribution is -2.39. The number of aryl methyl sites for hydroxylation is 1. The van der Waals surface area contributed by atoms with Crippen molar-refractivity contribution in [2.75, 3.05) is 13.1 Å². The van der Waals surface area contributed by atoms with Gasteiger partial charge in [-0.05, 0) is 42.7 Å². The Morgan fingerprint density at radius 2 is 2.00 bits per heavy atom. The van der Waals surface area contributed by atoms with Crippen LogP contribution in [-0.2, 0) is 11.2 Å². The van der Waals surface area contributed by atoms with Gasteiger partial charge in [0.2, 0.25) is 0 Å². The minimum Gasteiger partial charge on any atom is -0.368 e. The summed E-state index contributed by atoms with van der Waals surface area (Å²) in [6.07, 6.45) is 1.04. The van der Waals surface area contributed by atoms with Crippen molar-refractivity contribution in [2.24, 2.45) is 0 Å². The van der Waals surface area contributed by atoms with E-state index in [4.69, 9.17) is 4.74 Å². The van der Waals surface area contributed by atoms with Gasteiger partial charge in [0.1, 0.15) is 0 Å². The maximum Gasteiger partial charge on any atom is 0.196 e. The quantitative estimate of drug-likeness (QED) is 0.717. The summed E-state index contributed by atoms with van der Waals surface area (Å²) in [7, 11) is 0. The summed E-state index contributed by atoms with van der Waals surface area (Å²) in [6, 6.07) is 12.1. The first-order chi connectivity index (χ1) is 11.7. The van der Waals surface area contributed by atoms with E-state index in [0.29, 0.717) is 0 Å². The van der Waals surface area contributed by atoms with Crippen molar-refractivity contribution in [3.63, 3.8) is 0 Å². The second-order valence-electron chi connectivity index (χ2n) is 6.38. The third-order valence-electron chi connectivity index (χ3n) is 4.75. The molecule has 2 heterocycles. The Bertz CT molecular complexity index is 963. The highest BCUT2D eigenvalue weighted by atomic mass is 32.1.